The molecule has 6 heteroatoms. The van der Waals surface area contributed by atoms with Gasteiger partial charge in [0.1, 0.15) is 0 Å². The molecule has 0 aliphatic heterocycles. The molecule has 0 saturated heterocycles. The largest absolute Gasteiger partial charge is 0.302 e. The molecular formula is C23H30N4OS. The van der Waals surface area contributed by atoms with Gasteiger partial charge in [-0.2, -0.15) is 0 Å². The second kappa shape index (κ2) is 8.59. The van der Waals surface area contributed by atoms with Gasteiger partial charge in [-0.15, -0.1) is 10.2 Å². The van der Waals surface area contributed by atoms with Crippen LogP contribution in [0.15, 0.2) is 48.5 Å². The number of aryl methyl sites for hydroxylation is 2. The SMILES string of the molecule is CC[C@H](NS(=O)C(C)(C)C)c1cc(-n2c(C)ccc2C)nnc1-c1ccccc1. The van der Waals surface area contributed by atoms with E-state index in [2.05, 4.69) is 58.5 Å². The second-order valence-electron chi connectivity index (χ2n) is 8.28. The molecular weight excluding hydrogens is 380 g/mol. The van der Waals surface area contributed by atoms with Crippen molar-refractivity contribution in [1.29, 1.82) is 0 Å². The van der Waals surface area contributed by atoms with Crippen LogP contribution in [-0.2, 0) is 11.0 Å². The Morgan fingerprint density at radius 2 is 1.66 bits per heavy atom. The smallest absolute Gasteiger partial charge is 0.160 e. The number of nitrogens with zero attached hydrogens (tertiary/aromatic N) is 3. The van der Waals surface area contributed by atoms with Crippen molar-refractivity contribution in [3.63, 3.8) is 0 Å². The molecule has 0 fully saturated rings. The molecule has 1 N–H and O–H groups in total. The van der Waals surface area contributed by atoms with Crippen molar-refractivity contribution in [1.82, 2.24) is 19.5 Å². The van der Waals surface area contributed by atoms with Crippen LogP contribution in [0.3, 0.4) is 0 Å². The van der Waals surface area contributed by atoms with Crippen LogP contribution in [0.5, 0.6) is 0 Å². The fourth-order valence-electron chi connectivity index (χ4n) is 3.29. The van der Waals surface area contributed by atoms with Crippen LogP contribution in [0, 0.1) is 13.8 Å². The Bertz CT molecular complexity index is 986. The van der Waals surface area contributed by atoms with Crippen LogP contribution in [-0.4, -0.2) is 23.7 Å². The van der Waals surface area contributed by atoms with Crippen molar-refractivity contribution in [2.24, 2.45) is 0 Å². The van der Waals surface area contributed by atoms with Gasteiger partial charge in [0.25, 0.3) is 0 Å². The molecule has 1 unspecified atom stereocenters. The van der Waals surface area contributed by atoms with Crippen LogP contribution in [0.1, 0.15) is 57.1 Å². The third-order valence-corrected chi connectivity index (χ3v) is 6.56. The minimum absolute atomic E-state index is 0.101. The van der Waals surface area contributed by atoms with Gasteiger partial charge >= 0.3 is 0 Å². The summed E-state index contributed by atoms with van der Waals surface area (Å²) in [7, 11) is -1.19. The first-order valence-electron chi connectivity index (χ1n) is 9.98. The van der Waals surface area contributed by atoms with Crippen LogP contribution in [0.4, 0.5) is 0 Å². The van der Waals surface area contributed by atoms with Crippen molar-refractivity contribution in [3.05, 3.63) is 65.5 Å². The Kier molecular flexibility index (Phi) is 6.34. The molecule has 0 bridgehead atoms. The third-order valence-electron chi connectivity index (χ3n) is 4.95. The normalized spacial score (nSPS) is 14.0. The molecule has 0 aliphatic rings. The molecule has 5 nitrogen and oxygen atoms in total. The molecule has 1 aromatic carbocycles. The minimum Gasteiger partial charge on any atom is -0.302 e. The molecule has 0 aliphatic carbocycles. The van der Waals surface area contributed by atoms with Gasteiger partial charge in [-0.05, 0) is 59.2 Å². The van der Waals surface area contributed by atoms with E-state index in [-0.39, 0.29) is 10.8 Å². The highest BCUT2D eigenvalue weighted by atomic mass is 32.2. The van der Waals surface area contributed by atoms with Gasteiger partial charge in [0, 0.05) is 28.6 Å². The highest BCUT2D eigenvalue weighted by Gasteiger charge is 2.25. The van der Waals surface area contributed by atoms with Gasteiger partial charge in [-0.3, -0.25) is 0 Å². The first-order chi connectivity index (χ1) is 13.7. The number of aromatic nitrogens is 3. The molecule has 2 heterocycles. The van der Waals surface area contributed by atoms with Crippen LogP contribution in [0.25, 0.3) is 17.1 Å². The number of rotatable bonds is 6. The van der Waals surface area contributed by atoms with Crippen LogP contribution in [0.2, 0.25) is 0 Å². The quantitative estimate of drug-likeness (QED) is 0.618. The van der Waals surface area contributed by atoms with E-state index in [0.29, 0.717) is 0 Å². The first kappa shape index (κ1) is 21.4. The molecule has 3 rings (SSSR count). The summed E-state index contributed by atoms with van der Waals surface area (Å²) in [6.07, 6.45) is 0.788. The Morgan fingerprint density at radius 1 is 1.03 bits per heavy atom. The lowest BCUT2D eigenvalue weighted by Crippen LogP contribution is -2.36. The van der Waals surface area contributed by atoms with E-state index in [1.807, 2.05) is 51.1 Å². The average molecular weight is 411 g/mol. The lowest BCUT2D eigenvalue weighted by Gasteiger charge is -2.25. The fourth-order valence-corrected chi connectivity index (χ4v) is 4.20. The van der Waals surface area contributed by atoms with Gasteiger partial charge in [-0.1, -0.05) is 37.3 Å². The Labute approximate surface area is 176 Å². The Morgan fingerprint density at radius 3 is 2.21 bits per heavy atom. The monoisotopic (exact) mass is 410 g/mol. The molecule has 0 radical (unpaired) electrons. The number of nitrogens with one attached hydrogen (secondary N) is 1. The highest BCUT2D eigenvalue weighted by molar-refractivity contribution is 7.84. The van der Waals surface area contributed by atoms with Crippen LogP contribution >= 0.6 is 0 Å². The molecule has 154 valence electrons. The van der Waals surface area contributed by atoms with Crippen LogP contribution < -0.4 is 4.72 Å². The van der Waals surface area contributed by atoms with E-state index in [4.69, 9.17) is 0 Å². The highest BCUT2D eigenvalue weighted by Crippen LogP contribution is 2.30. The lowest BCUT2D eigenvalue weighted by atomic mass is 9.99. The second-order valence-corrected chi connectivity index (χ2v) is 10.3. The number of hydrogen-bond donors (Lipinski definition) is 1. The predicted octanol–water partition coefficient (Wildman–Crippen LogP) is 5.05. The molecule has 29 heavy (non-hydrogen) atoms. The third kappa shape index (κ3) is 4.65. The molecule has 3 aromatic rings. The topological polar surface area (TPSA) is 59.8 Å². The van der Waals surface area contributed by atoms with E-state index in [1.54, 1.807) is 0 Å². The summed E-state index contributed by atoms with van der Waals surface area (Å²) in [6.45, 7) is 12.1. The fraction of sp³-hybridized carbons (Fsp3) is 0.391. The van der Waals surface area contributed by atoms with Crippen molar-refractivity contribution in [2.75, 3.05) is 0 Å². The lowest BCUT2D eigenvalue weighted by molar-refractivity contribution is 0.587. The number of hydrogen-bond acceptors (Lipinski definition) is 3. The molecule has 0 saturated carbocycles. The Hall–Kier alpha value is -2.31. The van der Waals surface area contributed by atoms with E-state index < -0.39 is 11.0 Å². The standard InChI is InChI=1S/C23H30N4OS/c1-7-20(26-29(28)23(4,5)6)19-15-21(27-16(2)13-14-17(27)3)24-25-22(19)18-11-9-8-10-12-18/h8-15,20,26H,7H2,1-6H3/t20-,29?/m0/s1. The van der Waals surface area contributed by atoms with E-state index in [0.717, 1.165) is 40.4 Å². The van der Waals surface area contributed by atoms with E-state index in [9.17, 15) is 4.21 Å². The van der Waals surface area contributed by atoms with Crippen molar-refractivity contribution in [3.8, 4) is 17.1 Å². The van der Waals surface area contributed by atoms with E-state index >= 15 is 0 Å². The zero-order chi connectivity index (χ0) is 21.2. The molecule has 0 amide bonds. The molecule has 2 aromatic heterocycles. The summed E-state index contributed by atoms with van der Waals surface area (Å²) in [5.41, 5.74) is 5.05. The van der Waals surface area contributed by atoms with Crippen molar-refractivity contribution < 1.29 is 4.21 Å². The maximum Gasteiger partial charge on any atom is 0.160 e. The summed E-state index contributed by atoms with van der Waals surface area (Å²) < 4.78 is 17.9. The summed E-state index contributed by atoms with van der Waals surface area (Å²) in [4.78, 5) is 0. The zero-order valence-corrected chi connectivity index (χ0v) is 18.9. The summed E-state index contributed by atoms with van der Waals surface area (Å²) in [5, 5.41) is 9.15. The van der Waals surface area contributed by atoms with Gasteiger partial charge in [0.15, 0.2) is 5.82 Å². The molecule has 0 spiro atoms. The first-order valence-corrected chi connectivity index (χ1v) is 11.1. The van der Waals surface area contributed by atoms with Gasteiger partial charge in [0.2, 0.25) is 0 Å². The number of benzene rings is 1. The Balaban J connectivity index is 2.14. The summed E-state index contributed by atoms with van der Waals surface area (Å²) in [6, 6.07) is 16.2. The van der Waals surface area contributed by atoms with Gasteiger partial charge < -0.3 is 4.57 Å². The van der Waals surface area contributed by atoms with Crippen molar-refractivity contribution in [2.45, 2.75) is 58.8 Å². The maximum absolute atomic E-state index is 12.8. The predicted molar refractivity (Wildman–Crippen MR) is 120 cm³/mol. The van der Waals surface area contributed by atoms with E-state index in [1.165, 1.54) is 0 Å². The van der Waals surface area contributed by atoms with Gasteiger partial charge in [-0.25, -0.2) is 8.93 Å². The summed E-state index contributed by atoms with van der Waals surface area (Å²) >= 11 is 0. The minimum atomic E-state index is -1.19. The summed E-state index contributed by atoms with van der Waals surface area (Å²) in [5.74, 6) is 0.779. The average Bonchev–Trinajstić information content (AvgIpc) is 3.03. The molecule has 2 atom stereocenters. The van der Waals surface area contributed by atoms with Gasteiger partial charge in [0.05, 0.1) is 21.4 Å². The van der Waals surface area contributed by atoms with Crippen molar-refractivity contribution >= 4 is 11.0 Å². The maximum atomic E-state index is 12.8. The zero-order valence-electron chi connectivity index (χ0n) is 18.1.